The van der Waals surface area contributed by atoms with Crippen molar-refractivity contribution in [1.29, 1.82) is 0 Å². The fraction of sp³-hybridized carbons (Fsp3) is 0.159. The van der Waals surface area contributed by atoms with E-state index in [0.29, 0.717) is 0 Å². The summed E-state index contributed by atoms with van der Waals surface area (Å²) in [5.74, 6) is 0. The molecule has 0 bridgehead atoms. The van der Waals surface area contributed by atoms with Crippen LogP contribution in [0, 0.1) is 0 Å². The monoisotopic (exact) mass is 1190 g/mol. The van der Waals surface area contributed by atoms with Crippen LogP contribution in [0.25, 0.3) is 110 Å². The lowest BCUT2D eigenvalue weighted by Gasteiger charge is -2.32. The molecule has 0 N–H and O–H groups in total. The van der Waals surface area contributed by atoms with E-state index in [1.807, 2.05) is 0 Å². The lowest BCUT2D eigenvalue weighted by Crippen LogP contribution is -2.24. The maximum absolute atomic E-state index is 7.27. The Balaban J connectivity index is 0.841. The molecule has 0 saturated heterocycles. The largest absolute Gasteiger partial charge is 0.454 e. The molecule has 0 radical (unpaired) electrons. The summed E-state index contributed by atoms with van der Waals surface area (Å²) in [7, 11) is 0. The first kappa shape index (κ1) is 55.6. The van der Waals surface area contributed by atoms with Gasteiger partial charge in [-0.25, -0.2) is 0 Å². The fourth-order valence-electron chi connectivity index (χ4n) is 16.2. The van der Waals surface area contributed by atoms with E-state index >= 15 is 0 Å². The van der Waals surface area contributed by atoms with Gasteiger partial charge in [-0.2, -0.15) is 0 Å². The molecule has 0 unspecified atom stereocenters. The SMILES string of the molecule is CC(C)(C)c1ccc(-c2ccc(N(c3ccccc3)c3cc4c(c5c3oc3ccccc35)-c3ccc5c(c3C4(C)C)C(C)(C)c3cc(N(c4ccccc4)c4ccc(-c6ccc(C(C)(C)C)c7ccccc67)cc4)c4oc6ccccc6c4c3-5)cc2)c2ccccc12. The van der Waals surface area contributed by atoms with Gasteiger partial charge in [0, 0.05) is 55.1 Å². The highest BCUT2D eigenvalue weighted by Crippen LogP contribution is 2.64. The van der Waals surface area contributed by atoms with Crippen molar-refractivity contribution in [2.45, 2.75) is 90.9 Å². The third kappa shape index (κ3) is 8.21. The van der Waals surface area contributed by atoms with Crippen LogP contribution in [0.4, 0.5) is 34.1 Å². The number of rotatable bonds is 8. The van der Waals surface area contributed by atoms with Crippen molar-refractivity contribution in [3.63, 3.8) is 0 Å². The van der Waals surface area contributed by atoms with E-state index in [2.05, 4.69) is 334 Å². The first-order valence-corrected chi connectivity index (χ1v) is 32.6. The summed E-state index contributed by atoms with van der Waals surface area (Å²) < 4.78 is 14.5. The van der Waals surface area contributed by atoms with Crippen molar-refractivity contribution in [2.75, 3.05) is 9.80 Å². The highest BCUT2D eigenvalue weighted by molar-refractivity contribution is 6.22. The molecule has 13 aromatic carbocycles. The molecule has 446 valence electrons. The van der Waals surface area contributed by atoms with Gasteiger partial charge in [0.15, 0.2) is 11.2 Å². The Morgan fingerprint density at radius 3 is 0.989 bits per heavy atom. The number of para-hydroxylation sites is 4. The Labute approximate surface area is 538 Å². The standard InChI is InChI=1S/C88H72N2O2/c1-85(2,3)69-49-47-59(61-29-17-19-31-63(61)69)53-37-41-57(42-38-53)89(55-25-13-11-14-26-55)73-51-71-77(79-65-33-21-23-35-75(65)91-83(73)79)67-45-46-68-78-72(88(9,10)82(68)81(67)87(71,7)8)52-74(84-80(78)66-34-22-24-36-76(66)92-84)90(56-27-15-12-16-28-56)58-43-39-54(40-44-58)60-48-50-70(86(4,5)6)64-32-20-18-30-62(60)64/h11-52H,1-10H3. The van der Waals surface area contributed by atoms with Gasteiger partial charge < -0.3 is 18.6 Å². The molecule has 0 atom stereocenters. The number of nitrogens with zero attached hydrogens (tertiary/aromatic N) is 2. The van der Waals surface area contributed by atoms with Gasteiger partial charge in [0.2, 0.25) is 0 Å². The van der Waals surface area contributed by atoms with Crippen molar-refractivity contribution in [3.05, 3.63) is 288 Å². The Morgan fingerprint density at radius 1 is 0.304 bits per heavy atom. The van der Waals surface area contributed by atoms with E-state index in [1.165, 1.54) is 99.4 Å². The van der Waals surface area contributed by atoms with Crippen LogP contribution < -0.4 is 9.80 Å². The second-order valence-electron chi connectivity index (χ2n) is 28.8. The molecule has 2 aliphatic rings. The Kier molecular flexibility index (Phi) is 12.1. The van der Waals surface area contributed by atoms with Gasteiger partial charge in [-0.3, -0.25) is 0 Å². The molecule has 0 fully saturated rings. The Hall–Kier alpha value is -10.4. The lowest BCUT2D eigenvalue weighted by molar-refractivity contribution is 0.595. The summed E-state index contributed by atoms with van der Waals surface area (Å²) in [6.45, 7) is 23.7. The third-order valence-corrected chi connectivity index (χ3v) is 20.4. The van der Waals surface area contributed by atoms with E-state index in [1.54, 1.807) is 0 Å². The van der Waals surface area contributed by atoms with E-state index < -0.39 is 10.8 Å². The molecule has 2 heterocycles. The smallest absolute Gasteiger partial charge is 0.160 e. The maximum Gasteiger partial charge on any atom is 0.160 e. The maximum atomic E-state index is 7.27. The summed E-state index contributed by atoms with van der Waals surface area (Å²) in [5.41, 5.74) is 26.6. The van der Waals surface area contributed by atoms with Crippen molar-refractivity contribution < 1.29 is 8.83 Å². The van der Waals surface area contributed by atoms with Gasteiger partial charge in [-0.05, 0) is 183 Å². The zero-order valence-corrected chi connectivity index (χ0v) is 54.0. The van der Waals surface area contributed by atoms with Crippen LogP contribution >= 0.6 is 0 Å². The molecule has 0 aliphatic heterocycles. The average Bonchev–Trinajstić information content (AvgIpc) is 1.51. The Morgan fingerprint density at radius 2 is 0.620 bits per heavy atom. The number of anilines is 6. The molecule has 4 heteroatoms. The number of hydrogen-bond acceptors (Lipinski definition) is 4. The molecule has 0 amide bonds. The van der Waals surface area contributed by atoms with Crippen LogP contribution in [0.1, 0.15) is 103 Å². The van der Waals surface area contributed by atoms with Crippen molar-refractivity contribution >= 4 is 99.5 Å². The molecular formula is C88H72N2O2. The molecule has 0 spiro atoms. The number of hydrogen-bond donors (Lipinski definition) is 0. The van der Waals surface area contributed by atoms with Gasteiger partial charge >= 0.3 is 0 Å². The van der Waals surface area contributed by atoms with Crippen molar-refractivity contribution in [3.8, 4) is 44.5 Å². The minimum atomic E-state index is -0.459. The molecule has 0 saturated carbocycles. The normalized spacial score (nSPS) is 13.9. The molecular weight excluding hydrogens is 1120 g/mol. The zero-order valence-electron chi connectivity index (χ0n) is 54.0. The first-order chi connectivity index (χ1) is 44.4. The van der Waals surface area contributed by atoms with Crippen LogP contribution in [-0.2, 0) is 21.7 Å². The number of fused-ring (bicyclic) bond motifs is 17. The second kappa shape index (κ2) is 20.0. The summed E-state index contributed by atoms with van der Waals surface area (Å²) in [6.07, 6.45) is 0. The van der Waals surface area contributed by atoms with Crippen LogP contribution in [0.15, 0.2) is 264 Å². The molecule has 92 heavy (non-hydrogen) atoms. The summed E-state index contributed by atoms with van der Waals surface area (Å²) in [6, 6.07) is 94.1. The highest BCUT2D eigenvalue weighted by Gasteiger charge is 2.49. The molecule has 17 rings (SSSR count). The van der Waals surface area contributed by atoms with E-state index in [-0.39, 0.29) is 10.8 Å². The highest BCUT2D eigenvalue weighted by atomic mass is 16.3. The van der Waals surface area contributed by atoms with Crippen molar-refractivity contribution in [2.24, 2.45) is 0 Å². The average molecular weight is 1190 g/mol. The summed E-state index contributed by atoms with van der Waals surface area (Å²) in [4.78, 5) is 4.83. The molecule has 4 nitrogen and oxygen atoms in total. The molecule has 2 aromatic heterocycles. The van der Waals surface area contributed by atoms with Gasteiger partial charge in [0.25, 0.3) is 0 Å². The minimum Gasteiger partial charge on any atom is -0.454 e. The summed E-state index contributed by atoms with van der Waals surface area (Å²) >= 11 is 0. The van der Waals surface area contributed by atoms with Crippen LogP contribution in [0.3, 0.4) is 0 Å². The van der Waals surface area contributed by atoms with Gasteiger partial charge in [0.05, 0.1) is 11.4 Å². The molecule has 15 aromatic rings. The van der Waals surface area contributed by atoms with E-state index in [0.717, 1.165) is 78.0 Å². The zero-order chi connectivity index (χ0) is 62.7. The topological polar surface area (TPSA) is 32.8 Å². The van der Waals surface area contributed by atoms with E-state index in [9.17, 15) is 0 Å². The second-order valence-corrected chi connectivity index (χ2v) is 28.8. The fourth-order valence-corrected chi connectivity index (χ4v) is 16.2. The van der Waals surface area contributed by atoms with E-state index in [4.69, 9.17) is 8.83 Å². The van der Waals surface area contributed by atoms with Crippen LogP contribution in [-0.4, -0.2) is 0 Å². The number of benzene rings is 13. The van der Waals surface area contributed by atoms with Crippen molar-refractivity contribution in [1.82, 2.24) is 0 Å². The van der Waals surface area contributed by atoms with Gasteiger partial charge in [-0.15, -0.1) is 0 Å². The van der Waals surface area contributed by atoms with Gasteiger partial charge in [0.1, 0.15) is 11.2 Å². The Bertz CT molecular complexity index is 5170. The molecule has 2 aliphatic carbocycles. The number of furan rings is 2. The van der Waals surface area contributed by atoms with Gasteiger partial charge in [-0.1, -0.05) is 251 Å². The predicted octanol–water partition coefficient (Wildman–Crippen LogP) is 25.3. The summed E-state index contributed by atoms with van der Waals surface area (Å²) in [5, 5.41) is 9.62. The first-order valence-electron chi connectivity index (χ1n) is 32.6. The van der Waals surface area contributed by atoms with Crippen LogP contribution in [0.5, 0.6) is 0 Å². The lowest BCUT2D eigenvalue weighted by atomic mass is 9.72. The predicted molar refractivity (Wildman–Crippen MR) is 389 cm³/mol. The third-order valence-electron chi connectivity index (χ3n) is 20.4. The minimum absolute atomic E-state index is 0.0118. The van der Waals surface area contributed by atoms with Crippen LogP contribution in [0.2, 0.25) is 0 Å². The quantitative estimate of drug-likeness (QED) is 0.152.